The van der Waals surface area contributed by atoms with E-state index < -0.39 is 9.84 Å². The molecule has 0 radical (unpaired) electrons. The fraction of sp³-hybridized carbons (Fsp3) is 0.318. The minimum atomic E-state index is -3.02. The molecular weight excluding hydrogens is 461 g/mol. The Labute approximate surface area is 190 Å². The normalized spacial score (nSPS) is 23.4. The van der Waals surface area contributed by atoms with Gasteiger partial charge in [0.1, 0.15) is 18.2 Å². The van der Waals surface area contributed by atoms with Crippen molar-refractivity contribution in [3.8, 4) is 11.5 Å². The van der Waals surface area contributed by atoms with Crippen LogP contribution in [0.2, 0.25) is 10.0 Å². The molecule has 1 atom stereocenters. The number of hydrogen-bond acceptors (Lipinski definition) is 6. The number of sulfone groups is 1. The molecule has 6 nitrogen and oxygen atoms in total. The van der Waals surface area contributed by atoms with Gasteiger partial charge in [-0.15, -0.1) is 0 Å². The Balaban J connectivity index is 1.52. The van der Waals surface area contributed by atoms with E-state index in [2.05, 4.69) is 0 Å². The molecule has 1 unspecified atom stereocenters. The number of benzene rings is 2. The average molecular weight is 480 g/mol. The maximum atomic E-state index is 13.1. The second-order valence-electron chi connectivity index (χ2n) is 8.03. The largest absolute Gasteiger partial charge is 0.478 e. The number of rotatable bonds is 2. The molecule has 3 aliphatic rings. The van der Waals surface area contributed by atoms with Crippen LogP contribution < -0.4 is 9.47 Å². The van der Waals surface area contributed by atoms with Gasteiger partial charge >= 0.3 is 0 Å². The van der Waals surface area contributed by atoms with Crippen LogP contribution in [0.5, 0.6) is 11.5 Å². The van der Waals surface area contributed by atoms with E-state index in [0.717, 1.165) is 11.1 Å². The number of halogens is 2. The lowest BCUT2D eigenvalue weighted by molar-refractivity contribution is 0.0633. The molecule has 0 spiro atoms. The van der Waals surface area contributed by atoms with Crippen LogP contribution in [0.3, 0.4) is 0 Å². The van der Waals surface area contributed by atoms with Gasteiger partial charge in [0.25, 0.3) is 0 Å². The van der Waals surface area contributed by atoms with Gasteiger partial charge in [0, 0.05) is 28.2 Å². The highest BCUT2D eigenvalue weighted by Gasteiger charge is 2.39. The number of ether oxygens (including phenoxy) is 2. The van der Waals surface area contributed by atoms with Crippen LogP contribution in [-0.2, 0) is 16.4 Å². The van der Waals surface area contributed by atoms with Gasteiger partial charge < -0.3 is 9.47 Å². The van der Waals surface area contributed by atoms with Gasteiger partial charge in [-0.2, -0.15) is 0 Å². The van der Waals surface area contributed by atoms with Crippen molar-refractivity contribution < 1.29 is 22.7 Å². The molecule has 2 aromatic carbocycles. The zero-order chi connectivity index (χ0) is 21.9. The summed E-state index contributed by atoms with van der Waals surface area (Å²) in [6, 6.07) is 6.85. The average Bonchev–Trinajstić information content (AvgIpc) is 3.25. The minimum absolute atomic E-state index is 0.107. The summed E-state index contributed by atoms with van der Waals surface area (Å²) in [7, 11) is -3.02. The number of hydrogen-bond donors (Lipinski definition) is 0. The van der Waals surface area contributed by atoms with E-state index >= 15 is 0 Å². The van der Waals surface area contributed by atoms with Crippen LogP contribution >= 0.6 is 23.2 Å². The Bertz CT molecular complexity index is 1230. The van der Waals surface area contributed by atoms with E-state index in [0.29, 0.717) is 52.4 Å². The molecule has 0 aromatic heterocycles. The van der Waals surface area contributed by atoms with Crippen molar-refractivity contribution in [1.29, 1.82) is 0 Å². The van der Waals surface area contributed by atoms with E-state index in [-0.39, 0.29) is 29.1 Å². The van der Waals surface area contributed by atoms with Gasteiger partial charge in [-0.05, 0) is 43.2 Å². The van der Waals surface area contributed by atoms with Crippen LogP contribution in [0.15, 0.2) is 30.0 Å². The molecule has 0 saturated carbocycles. The number of carbonyl (C=O) groups is 1. The number of nitrogens with zero attached hydrogens (tertiary/aromatic N) is 1. The van der Waals surface area contributed by atoms with Gasteiger partial charge in [0.2, 0.25) is 5.78 Å². The standard InChI is InChI=1S/C22H19Cl2NO5S/c1-12-7-18-15(9-25(11-29-18)13-5-6-31(27,28)10-13)22-20(12)21(26)19(30-22)8-14-16(23)3-2-4-17(14)24/h2-4,7-8,13H,5-6,9-11H2,1H3/b19-8-. The lowest BCUT2D eigenvalue weighted by Gasteiger charge is -2.33. The molecule has 0 amide bonds. The number of aryl methyl sites for hydroxylation is 1. The Morgan fingerprint density at radius 1 is 1.23 bits per heavy atom. The summed E-state index contributed by atoms with van der Waals surface area (Å²) in [6.45, 7) is 2.59. The molecule has 1 saturated heterocycles. The van der Waals surface area contributed by atoms with Gasteiger partial charge in [-0.25, -0.2) is 8.42 Å². The van der Waals surface area contributed by atoms with Gasteiger partial charge in [0.05, 0.1) is 22.6 Å². The first-order valence-corrected chi connectivity index (χ1v) is 12.4. The molecule has 3 aliphatic heterocycles. The predicted octanol–water partition coefficient (Wildman–Crippen LogP) is 4.26. The lowest BCUT2D eigenvalue weighted by atomic mass is 9.98. The summed E-state index contributed by atoms with van der Waals surface area (Å²) < 4.78 is 35.8. The highest BCUT2D eigenvalue weighted by Crippen LogP contribution is 2.45. The number of fused-ring (bicyclic) bond motifs is 3. The van der Waals surface area contributed by atoms with Crippen molar-refractivity contribution in [2.75, 3.05) is 18.2 Å². The fourth-order valence-corrected chi connectivity index (χ4v) is 6.59. The summed E-state index contributed by atoms with van der Waals surface area (Å²) in [6.07, 6.45) is 2.13. The smallest absolute Gasteiger partial charge is 0.232 e. The Hall–Kier alpha value is -2.06. The predicted molar refractivity (Wildman–Crippen MR) is 119 cm³/mol. The summed E-state index contributed by atoms with van der Waals surface area (Å²) in [5.41, 5.74) is 2.50. The molecule has 3 heterocycles. The van der Waals surface area contributed by atoms with Crippen LogP contribution in [0.4, 0.5) is 0 Å². The summed E-state index contributed by atoms with van der Waals surface area (Å²) in [4.78, 5) is 15.1. The molecule has 0 bridgehead atoms. The van der Waals surface area contributed by atoms with E-state index in [4.69, 9.17) is 32.7 Å². The molecule has 9 heteroatoms. The van der Waals surface area contributed by atoms with Crippen molar-refractivity contribution in [2.24, 2.45) is 0 Å². The highest BCUT2D eigenvalue weighted by molar-refractivity contribution is 7.91. The maximum absolute atomic E-state index is 13.1. The maximum Gasteiger partial charge on any atom is 0.232 e. The molecule has 2 aromatic rings. The first kappa shape index (κ1) is 20.8. The van der Waals surface area contributed by atoms with Crippen molar-refractivity contribution >= 4 is 44.9 Å². The van der Waals surface area contributed by atoms with Crippen molar-refractivity contribution in [2.45, 2.75) is 25.9 Å². The number of allylic oxidation sites excluding steroid dienone is 1. The molecule has 0 aliphatic carbocycles. The molecule has 5 rings (SSSR count). The second kappa shape index (κ2) is 7.52. The lowest BCUT2D eigenvalue weighted by Crippen LogP contribution is -2.41. The number of carbonyl (C=O) groups excluding carboxylic acids is 1. The fourth-order valence-electron chi connectivity index (χ4n) is 4.32. The quantitative estimate of drug-likeness (QED) is 0.599. The van der Waals surface area contributed by atoms with Gasteiger partial charge in [-0.3, -0.25) is 9.69 Å². The third-order valence-corrected chi connectivity index (χ3v) is 8.36. The minimum Gasteiger partial charge on any atom is -0.478 e. The number of ketones is 1. The molecular formula is C22H19Cl2NO5S. The van der Waals surface area contributed by atoms with Crippen LogP contribution in [-0.4, -0.2) is 43.4 Å². The van der Waals surface area contributed by atoms with Crippen molar-refractivity contribution in [1.82, 2.24) is 4.90 Å². The summed E-state index contributed by atoms with van der Waals surface area (Å²) in [5, 5.41) is 0.839. The SMILES string of the molecule is Cc1cc2c(c3c1C(=O)/C(=C/c1c(Cl)cccc1Cl)O3)CN(C1CCS(=O)(=O)C1)CO2. The Kier molecular flexibility index (Phi) is 5.05. The van der Waals surface area contributed by atoms with Crippen molar-refractivity contribution in [3.63, 3.8) is 0 Å². The third kappa shape index (κ3) is 3.63. The van der Waals surface area contributed by atoms with Crippen molar-refractivity contribution in [3.05, 3.63) is 62.3 Å². The molecule has 0 N–H and O–H groups in total. The van der Waals surface area contributed by atoms with Crippen LogP contribution in [0, 0.1) is 6.92 Å². The first-order valence-electron chi connectivity index (χ1n) is 9.85. The van der Waals surface area contributed by atoms with Crippen LogP contribution in [0.25, 0.3) is 6.08 Å². The van der Waals surface area contributed by atoms with E-state index in [9.17, 15) is 13.2 Å². The van der Waals surface area contributed by atoms with E-state index in [1.54, 1.807) is 24.3 Å². The molecule has 31 heavy (non-hydrogen) atoms. The van der Waals surface area contributed by atoms with Crippen LogP contribution in [0.1, 0.15) is 33.5 Å². The molecule has 162 valence electrons. The highest BCUT2D eigenvalue weighted by atomic mass is 35.5. The summed E-state index contributed by atoms with van der Waals surface area (Å²) in [5.74, 6) is 1.32. The zero-order valence-electron chi connectivity index (χ0n) is 16.7. The monoisotopic (exact) mass is 479 g/mol. The zero-order valence-corrected chi connectivity index (χ0v) is 19.0. The Morgan fingerprint density at radius 3 is 2.65 bits per heavy atom. The third-order valence-electron chi connectivity index (χ3n) is 5.95. The second-order valence-corrected chi connectivity index (χ2v) is 11.1. The molecule has 1 fully saturated rings. The van der Waals surface area contributed by atoms with Gasteiger partial charge in [-0.1, -0.05) is 29.3 Å². The van der Waals surface area contributed by atoms with E-state index in [1.165, 1.54) is 0 Å². The summed E-state index contributed by atoms with van der Waals surface area (Å²) >= 11 is 12.5. The van der Waals surface area contributed by atoms with Gasteiger partial charge in [0.15, 0.2) is 15.6 Å². The Morgan fingerprint density at radius 2 is 1.97 bits per heavy atom. The topological polar surface area (TPSA) is 72.9 Å². The van der Waals surface area contributed by atoms with E-state index in [1.807, 2.05) is 17.9 Å². The number of Topliss-reactive ketones (excluding diaryl/α,β-unsaturated/α-hetero) is 1. The first-order chi connectivity index (χ1) is 14.7.